The average molecular weight is 482 g/mol. The van der Waals surface area contributed by atoms with E-state index in [9.17, 15) is 27.1 Å². The first-order valence-corrected chi connectivity index (χ1v) is 11.1. The molecule has 1 saturated carbocycles. The molecule has 3 heterocycles. The number of nitrogens with zero attached hydrogens (tertiary/aromatic N) is 4. The Balaban J connectivity index is 1.62. The third-order valence-corrected chi connectivity index (χ3v) is 6.78. The number of rotatable bonds is 4. The van der Waals surface area contributed by atoms with Crippen LogP contribution in [-0.2, 0) is 18.0 Å². The Morgan fingerprint density at radius 1 is 1.06 bits per heavy atom. The number of anilines is 1. The molecule has 3 aromatic rings. The predicted molar refractivity (Wildman–Crippen MR) is 114 cm³/mol. The normalized spacial score (nSPS) is 17.8. The van der Waals surface area contributed by atoms with Crippen molar-refractivity contribution in [2.24, 2.45) is 7.05 Å². The molecule has 2 fully saturated rings. The van der Waals surface area contributed by atoms with E-state index >= 15 is 0 Å². The van der Waals surface area contributed by atoms with Gasteiger partial charge in [0.05, 0.1) is 11.1 Å². The summed E-state index contributed by atoms with van der Waals surface area (Å²) >= 11 is 0. The number of alkyl halides is 3. The number of fused-ring (bicyclic) bond motifs is 1. The van der Waals surface area contributed by atoms with Crippen LogP contribution in [0.1, 0.15) is 37.7 Å². The number of pyridine rings is 1. The molecule has 2 aromatic heterocycles. The van der Waals surface area contributed by atoms with Gasteiger partial charge in [0.2, 0.25) is 0 Å². The van der Waals surface area contributed by atoms with Gasteiger partial charge in [0.25, 0.3) is 0 Å². The van der Waals surface area contributed by atoms with E-state index < -0.39 is 34.7 Å². The number of aromatic hydroxyl groups is 1. The molecule has 1 aromatic carbocycles. The molecule has 182 valence electrons. The lowest BCUT2D eigenvalue weighted by molar-refractivity contribution is -0.140. The zero-order valence-electron chi connectivity index (χ0n) is 18.4. The molecule has 0 atom stereocenters. The standard InChI is InChI=1S/C23H23F5N4O2/c1-31-17-10-18(32(12-3-2-4-12)13-5-7-34-8-6-13)29-11-15(17)21(30-31)14-9-16(23(26,27)28)20(25)22(33)19(14)24/h9-13,33H,2-8H2,1H3. The van der Waals surface area contributed by atoms with Crippen molar-refractivity contribution in [1.29, 1.82) is 0 Å². The van der Waals surface area contributed by atoms with Crippen LogP contribution < -0.4 is 4.90 Å². The molecule has 2 aliphatic rings. The molecule has 1 aliphatic carbocycles. The van der Waals surface area contributed by atoms with Crippen LogP contribution >= 0.6 is 0 Å². The number of ether oxygens (including phenoxy) is 1. The summed E-state index contributed by atoms with van der Waals surface area (Å²) in [6.07, 6.45) is 1.30. The van der Waals surface area contributed by atoms with Gasteiger partial charge in [-0.2, -0.15) is 18.3 Å². The summed E-state index contributed by atoms with van der Waals surface area (Å²) in [6.45, 7) is 1.34. The highest BCUT2D eigenvalue weighted by molar-refractivity contribution is 5.94. The Morgan fingerprint density at radius 3 is 2.35 bits per heavy atom. The Morgan fingerprint density at radius 2 is 1.74 bits per heavy atom. The molecule has 34 heavy (non-hydrogen) atoms. The smallest absolute Gasteiger partial charge is 0.419 e. The van der Waals surface area contributed by atoms with E-state index in [-0.39, 0.29) is 11.7 Å². The highest BCUT2D eigenvalue weighted by atomic mass is 19.4. The van der Waals surface area contributed by atoms with Crippen molar-refractivity contribution >= 4 is 16.7 Å². The number of aryl methyl sites for hydroxylation is 1. The molecular weight excluding hydrogens is 459 g/mol. The molecule has 0 radical (unpaired) electrons. The summed E-state index contributed by atoms with van der Waals surface area (Å²) < 4.78 is 75.4. The number of hydrogen-bond donors (Lipinski definition) is 1. The van der Waals surface area contributed by atoms with Crippen molar-refractivity contribution in [2.75, 3.05) is 18.1 Å². The van der Waals surface area contributed by atoms with Gasteiger partial charge < -0.3 is 14.7 Å². The second-order valence-corrected chi connectivity index (χ2v) is 8.81. The molecule has 1 N–H and O–H groups in total. The zero-order chi connectivity index (χ0) is 24.2. The van der Waals surface area contributed by atoms with E-state index in [2.05, 4.69) is 15.0 Å². The monoisotopic (exact) mass is 482 g/mol. The molecule has 1 aliphatic heterocycles. The van der Waals surface area contributed by atoms with E-state index in [1.54, 1.807) is 13.1 Å². The Hall–Kier alpha value is -2.95. The molecule has 0 amide bonds. The highest BCUT2D eigenvalue weighted by Crippen LogP contribution is 2.42. The molecule has 1 saturated heterocycles. The SMILES string of the molecule is Cn1nc(-c2cc(C(F)(F)F)c(F)c(O)c2F)c2cnc(N(C3CCC3)C3CCOCC3)cc21. The van der Waals surface area contributed by atoms with Crippen molar-refractivity contribution in [3.8, 4) is 17.0 Å². The van der Waals surface area contributed by atoms with Gasteiger partial charge >= 0.3 is 6.18 Å². The second kappa shape index (κ2) is 8.37. The minimum absolute atomic E-state index is 0.156. The number of aromatic nitrogens is 3. The molecule has 0 bridgehead atoms. The molecule has 5 rings (SSSR count). The van der Waals surface area contributed by atoms with Gasteiger partial charge in [-0.15, -0.1) is 0 Å². The number of phenols is 1. The topological polar surface area (TPSA) is 63.4 Å². The second-order valence-electron chi connectivity index (χ2n) is 8.81. The molecule has 0 unspecified atom stereocenters. The van der Waals surface area contributed by atoms with Gasteiger partial charge in [0.1, 0.15) is 11.5 Å². The third kappa shape index (κ3) is 3.75. The van der Waals surface area contributed by atoms with Crippen LogP contribution in [0.4, 0.5) is 27.8 Å². The van der Waals surface area contributed by atoms with Crippen LogP contribution in [0.15, 0.2) is 18.3 Å². The summed E-state index contributed by atoms with van der Waals surface area (Å²) in [5.74, 6) is -4.53. The van der Waals surface area contributed by atoms with Crippen LogP contribution in [0, 0.1) is 11.6 Å². The first kappa shape index (κ1) is 22.8. The summed E-state index contributed by atoms with van der Waals surface area (Å²) in [7, 11) is 1.59. The first-order chi connectivity index (χ1) is 16.2. The number of hydrogen-bond acceptors (Lipinski definition) is 5. The Kier molecular flexibility index (Phi) is 5.62. The van der Waals surface area contributed by atoms with Gasteiger partial charge in [-0.25, -0.2) is 13.8 Å². The van der Waals surface area contributed by atoms with Crippen LogP contribution in [0.2, 0.25) is 0 Å². The fraction of sp³-hybridized carbons (Fsp3) is 0.478. The maximum atomic E-state index is 14.7. The predicted octanol–water partition coefficient (Wildman–Crippen LogP) is 5.18. The number of phenolic OH excluding ortho intramolecular Hbond substituents is 1. The minimum Gasteiger partial charge on any atom is -0.503 e. The molecular formula is C23H23F5N4O2. The fourth-order valence-corrected chi connectivity index (χ4v) is 4.78. The van der Waals surface area contributed by atoms with E-state index in [4.69, 9.17) is 4.74 Å². The van der Waals surface area contributed by atoms with Crippen LogP contribution in [0.25, 0.3) is 22.2 Å². The van der Waals surface area contributed by atoms with Crippen molar-refractivity contribution in [3.05, 3.63) is 35.5 Å². The quantitative estimate of drug-likeness (QED) is 0.520. The maximum Gasteiger partial charge on any atom is 0.419 e. The largest absolute Gasteiger partial charge is 0.503 e. The van der Waals surface area contributed by atoms with E-state index in [0.29, 0.717) is 36.2 Å². The van der Waals surface area contributed by atoms with Gasteiger partial charge in [-0.1, -0.05) is 0 Å². The van der Waals surface area contributed by atoms with Crippen molar-refractivity contribution < 1.29 is 31.8 Å². The maximum absolute atomic E-state index is 14.7. The van der Waals surface area contributed by atoms with Gasteiger partial charge in [0, 0.05) is 55.6 Å². The molecule has 0 spiro atoms. The summed E-state index contributed by atoms with van der Waals surface area (Å²) in [6, 6.07) is 2.74. The highest BCUT2D eigenvalue weighted by Gasteiger charge is 2.38. The van der Waals surface area contributed by atoms with E-state index in [1.165, 1.54) is 10.9 Å². The number of benzene rings is 1. The van der Waals surface area contributed by atoms with Crippen molar-refractivity contribution in [2.45, 2.75) is 50.4 Å². The van der Waals surface area contributed by atoms with E-state index in [0.717, 1.165) is 37.9 Å². The lowest BCUT2D eigenvalue weighted by Gasteiger charge is -2.44. The van der Waals surface area contributed by atoms with E-state index in [1.807, 2.05) is 0 Å². The summed E-state index contributed by atoms with van der Waals surface area (Å²) in [5.41, 5.74) is -2.03. The Bertz CT molecular complexity index is 1230. The summed E-state index contributed by atoms with van der Waals surface area (Å²) in [5, 5.41) is 14.2. The minimum atomic E-state index is -5.12. The summed E-state index contributed by atoms with van der Waals surface area (Å²) in [4.78, 5) is 6.87. The van der Waals surface area contributed by atoms with Gasteiger partial charge in [-0.05, 0) is 38.2 Å². The van der Waals surface area contributed by atoms with Crippen LogP contribution in [0.3, 0.4) is 0 Å². The molecule has 6 nitrogen and oxygen atoms in total. The Labute approximate surface area is 191 Å². The average Bonchev–Trinajstić information content (AvgIpc) is 3.10. The van der Waals surface area contributed by atoms with Crippen molar-refractivity contribution in [3.63, 3.8) is 0 Å². The van der Waals surface area contributed by atoms with Crippen molar-refractivity contribution in [1.82, 2.24) is 14.8 Å². The lowest BCUT2D eigenvalue weighted by atomic mass is 9.89. The van der Waals surface area contributed by atoms with Gasteiger partial charge in [-0.3, -0.25) is 4.68 Å². The first-order valence-electron chi connectivity index (χ1n) is 11.1. The molecule has 11 heteroatoms. The fourth-order valence-electron chi connectivity index (χ4n) is 4.78. The zero-order valence-corrected chi connectivity index (χ0v) is 18.4. The third-order valence-electron chi connectivity index (χ3n) is 6.78. The van der Waals surface area contributed by atoms with Crippen LogP contribution in [0.5, 0.6) is 5.75 Å². The number of halogens is 5. The van der Waals surface area contributed by atoms with Gasteiger partial charge in [0.15, 0.2) is 17.4 Å². The lowest BCUT2D eigenvalue weighted by Crippen LogP contribution is -2.49. The van der Waals surface area contributed by atoms with Crippen LogP contribution in [-0.4, -0.2) is 45.2 Å².